The van der Waals surface area contributed by atoms with Crippen LogP contribution in [0.25, 0.3) is 0 Å². The summed E-state index contributed by atoms with van der Waals surface area (Å²) in [5, 5.41) is 12.2. The van der Waals surface area contributed by atoms with Crippen LogP contribution in [-0.2, 0) is 27.3 Å². The van der Waals surface area contributed by atoms with Crippen LogP contribution in [0, 0.1) is 5.92 Å². The maximum Gasteiger partial charge on any atom is 0.326 e. The number of carbonyl (C=O) groups excluding carboxylic acids is 3. The van der Waals surface area contributed by atoms with Gasteiger partial charge in [-0.25, -0.2) is 9.59 Å². The Kier molecular flexibility index (Phi) is 11.3. The zero-order valence-corrected chi connectivity index (χ0v) is 22.8. The van der Waals surface area contributed by atoms with Crippen molar-refractivity contribution in [1.29, 1.82) is 0 Å². The van der Waals surface area contributed by atoms with Gasteiger partial charge in [-0.2, -0.15) is 0 Å². The average molecular weight is 538 g/mol. The maximum absolute atomic E-state index is 13.3. The summed E-state index contributed by atoms with van der Waals surface area (Å²) < 4.78 is 5.13. The van der Waals surface area contributed by atoms with E-state index in [0.717, 1.165) is 24.0 Å². The SMILES string of the molecule is CCCCN(Cc1ccc(C(=O)N[C@@H](Cc2ccccc2)C(=O)O)cc1)C(=O)N1CCC(C(=O)OCC)CC1. The summed E-state index contributed by atoms with van der Waals surface area (Å²) in [4.78, 5) is 53.5. The first-order valence-electron chi connectivity index (χ1n) is 13.7. The predicted octanol–water partition coefficient (Wildman–Crippen LogP) is 4.11. The highest BCUT2D eigenvalue weighted by atomic mass is 16.5. The molecule has 1 aliphatic heterocycles. The van der Waals surface area contributed by atoms with Gasteiger partial charge < -0.3 is 25.0 Å². The van der Waals surface area contributed by atoms with Crippen molar-refractivity contribution in [2.45, 2.75) is 58.5 Å². The van der Waals surface area contributed by atoms with Gasteiger partial charge in [-0.3, -0.25) is 9.59 Å². The number of likely N-dealkylation sites (tertiary alicyclic amines) is 1. The van der Waals surface area contributed by atoms with Crippen LogP contribution >= 0.6 is 0 Å². The van der Waals surface area contributed by atoms with Gasteiger partial charge in [0, 0.05) is 38.2 Å². The van der Waals surface area contributed by atoms with Gasteiger partial charge in [0.2, 0.25) is 0 Å². The fourth-order valence-electron chi connectivity index (χ4n) is 4.63. The van der Waals surface area contributed by atoms with Gasteiger partial charge in [-0.1, -0.05) is 55.8 Å². The smallest absolute Gasteiger partial charge is 0.326 e. The van der Waals surface area contributed by atoms with Crippen LogP contribution < -0.4 is 5.32 Å². The quantitative estimate of drug-likeness (QED) is 0.394. The second kappa shape index (κ2) is 14.9. The number of amides is 3. The minimum atomic E-state index is -1.10. The number of urea groups is 1. The van der Waals surface area contributed by atoms with Crippen molar-refractivity contribution in [3.8, 4) is 0 Å². The fraction of sp³-hybridized carbons (Fsp3) is 0.467. The molecule has 1 heterocycles. The van der Waals surface area contributed by atoms with E-state index in [1.54, 1.807) is 36.1 Å². The standard InChI is InChI=1S/C30H39N3O6/c1-3-5-17-33(30(38)32-18-15-25(16-19-32)29(37)39-4-2)21-23-11-13-24(14-12-23)27(34)31-26(28(35)36)20-22-9-7-6-8-10-22/h6-14,25-26H,3-5,15-21H2,1-2H3,(H,31,34)(H,35,36)/t26-/m0/s1. The number of rotatable bonds is 12. The van der Waals surface area contributed by atoms with Crippen LogP contribution in [0.15, 0.2) is 54.6 Å². The largest absolute Gasteiger partial charge is 0.480 e. The number of nitrogens with zero attached hydrogens (tertiary/aromatic N) is 2. The third-order valence-corrected chi connectivity index (χ3v) is 6.91. The van der Waals surface area contributed by atoms with E-state index in [4.69, 9.17) is 4.74 Å². The molecular formula is C30H39N3O6. The molecule has 9 nitrogen and oxygen atoms in total. The Morgan fingerprint density at radius 2 is 1.67 bits per heavy atom. The number of unbranched alkanes of at least 4 members (excludes halogenated alkanes) is 1. The topological polar surface area (TPSA) is 116 Å². The number of benzene rings is 2. The third-order valence-electron chi connectivity index (χ3n) is 6.91. The Morgan fingerprint density at radius 3 is 2.26 bits per heavy atom. The lowest BCUT2D eigenvalue weighted by Crippen LogP contribution is -2.47. The molecule has 3 rings (SSSR count). The number of nitrogens with one attached hydrogen (secondary N) is 1. The highest BCUT2D eigenvalue weighted by molar-refractivity contribution is 5.96. The highest BCUT2D eigenvalue weighted by Crippen LogP contribution is 2.21. The molecule has 0 spiro atoms. The zero-order valence-electron chi connectivity index (χ0n) is 22.8. The highest BCUT2D eigenvalue weighted by Gasteiger charge is 2.30. The zero-order chi connectivity index (χ0) is 28.2. The van der Waals surface area contributed by atoms with E-state index in [2.05, 4.69) is 12.2 Å². The Bertz CT molecular complexity index is 1100. The number of aliphatic carboxylic acids is 1. The van der Waals surface area contributed by atoms with Gasteiger partial charge in [-0.15, -0.1) is 0 Å². The number of esters is 1. The second-order valence-electron chi connectivity index (χ2n) is 9.82. The van der Waals surface area contributed by atoms with E-state index in [-0.39, 0.29) is 24.3 Å². The molecule has 9 heteroatoms. The van der Waals surface area contributed by atoms with Gasteiger partial charge >= 0.3 is 18.0 Å². The molecule has 2 aromatic carbocycles. The van der Waals surface area contributed by atoms with Crippen molar-refractivity contribution in [3.63, 3.8) is 0 Å². The van der Waals surface area contributed by atoms with E-state index in [0.29, 0.717) is 51.2 Å². The number of ether oxygens (including phenoxy) is 1. The Morgan fingerprint density at radius 1 is 1.00 bits per heavy atom. The summed E-state index contributed by atoms with van der Waals surface area (Å²) in [5.41, 5.74) is 2.05. The number of carbonyl (C=O) groups is 4. The van der Waals surface area contributed by atoms with Crippen LogP contribution in [0.3, 0.4) is 0 Å². The monoisotopic (exact) mass is 537 g/mol. The first kappa shape index (κ1) is 29.7. The average Bonchev–Trinajstić information content (AvgIpc) is 2.95. The van der Waals surface area contributed by atoms with Crippen LogP contribution in [-0.4, -0.2) is 71.1 Å². The van der Waals surface area contributed by atoms with Crippen molar-refractivity contribution < 1.29 is 29.0 Å². The molecule has 0 unspecified atom stereocenters. The molecule has 2 N–H and O–H groups in total. The van der Waals surface area contributed by atoms with E-state index < -0.39 is 17.9 Å². The molecular weight excluding hydrogens is 498 g/mol. The van der Waals surface area contributed by atoms with Crippen molar-refractivity contribution in [3.05, 3.63) is 71.3 Å². The Labute approximate surface area is 230 Å². The van der Waals surface area contributed by atoms with Gasteiger partial charge in [0.1, 0.15) is 6.04 Å². The van der Waals surface area contributed by atoms with Crippen LogP contribution in [0.4, 0.5) is 4.79 Å². The summed E-state index contributed by atoms with van der Waals surface area (Å²) in [6.45, 7) is 6.25. The van der Waals surface area contributed by atoms with Gasteiger partial charge in [0.05, 0.1) is 12.5 Å². The minimum absolute atomic E-state index is 0.0576. The van der Waals surface area contributed by atoms with Crippen molar-refractivity contribution >= 4 is 23.9 Å². The molecule has 2 aromatic rings. The summed E-state index contributed by atoms with van der Waals surface area (Å²) in [6.07, 6.45) is 3.19. The number of carboxylic acids is 1. The summed E-state index contributed by atoms with van der Waals surface area (Å²) in [6, 6.07) is 14.9. The van der Waals surface area contributed by atoms with Gasteiger partial charge in [0.25, 0.3) is 5.91 Å². The van der Waals surface area contributed by atoms with Gasteiger partial charge in [-0.05, 0) is 49.4 Å². The number of hydrogen-bond donors (Lipinski definition) is 2. The van der Waals surface area contributed by atoms with E-state index in [1.807, 2.05) is 35.2 Å². The molecule has 1 fully saturated rings. The van der Waals surface area contributed by atoms with E-state index in [9.17, 15) is 24.3 Å². The minimum Gasteiger partial charge on any atom is -0.480 e. The first-order valence-corrected chi connectivity index (χ1v) is 13.7. The normalized spacial score (nSPS) is 14.4. The van der Waals surface area contributed by atoms with Crippen molar-refractivity contribution in [2.75, 3.05) is 26.2 Å². The molecule has 1 aliphatic rings. The molecule has 39 heavy (non-hydrogen) atoms. The van der Waals surface area contributed by atoms with Crippen LogP contribution in [0.1, 0.15) is 61.0 Å². The molecule has 0 aromatic heterocycles. The van der Waals surface area contributed by atoms with Crippen molar-refractivity contribution in [1.82, 2.24) is 15.1 Å². The van der Waals surface area contributed by atoms with E-state index >= 15 is 0 Å². The second-order valence-corrected chi connectivity index (χ2v) is 9.82. The molecule has 0 aliphatic carbocycles. The molecule has 0 saturated carbocycles. The van der Waals surface area contributed by atoms with E-state index in [1.165, 1.54) is 0 Å². The lowest BCUT2D eigenvalue weighted by atomic mass is 9.97. The Hall–Kier alpha value is -3.88. The fourth-order valence-corrected chi connectivity index (χ4v) is 4.63. The molecule has 3 amide bonds. The molecule has 0 radical (unpaired) electrons. The summed E-state index contributed by atoms with van der Waals surface area (Å²) in [7, 11) is 0. The lowest BCUT2D eigenvalue weighted by Gasteiger charge is -2.35. The molecule has 1 atom stereocenters. The predicted molar refractivity (Wildman–Crippen MR) is 147 cm³/mol. The Balaban J connectivity index is 1.60. The third kappa shape index (κ3) is 8.84. The summed E-state index contributed by atoms with van der Waals surface area (Å²) in [5.74, 6) is -1.91. The number of hydrogen-bond acceptors (Lipinski definition) is 5. The number of piperidine rings is 1. The lowest BCUT2D eigenvalue weighted by molar-refractivity contribution is -0.149. The molecule has 210 valence electrons. The summed E-state index contributed by atoms with van der Waals surface area (Å²) >= 11 is 0. The van der Waals surface area contributed by atoms with Crippen LogP contribution in [0.5, 0.6) is 0 Å². The maximum atomic E-state index is 13.3. The molecule has 0 bridgehead atoms. The molecule has 1 saturated heterocycles. The first-order chi connectivity index (χ1) is 18.8. The number of carboxylic acid groups (broad SMARTS) is 1. The van der Waals surface area contributed by atoms with Gasteiger partial charge in [0.15, 0.2) is 0 Å². The van der Waals surface area contributed by atoms with Crippen molar-refractivity contribution in [2.24, 2.45) is 5.92 Å². The van der Waals surface area contributed by atoms with Crippen LogP contribution in [0.2, 0.25) is 0 Å².